The van der Waals surface area contributed by atoms with E-state index in [4.69, 9.17) is 28.3 Å². The second-order valence-electron chi connectivity index (χ2n) is 4.63. The molecule has 5 heteroatoms. The van der Waals surface area contributed by atoms with E-state index in [1.54, 1.807) is 12.1 Å². The van der Waals surface area contributed by atoms with Gasteiger partial charge in [-0.1, -0.05) is 37.0 Å². The van der Waals surface area contributed by atoms with E-state index in [0.29, 0.717) is 22.2 Å². The molecule has 0 atom stereocenters. The molecule has 0 saturated heterocycles. The molecule has 1 aromatic carbocycles. The van der Waals surface area contributed by atoms with Crippen LogP contribution in [0.25, 0.3) is 0 Å². The van der Waals surface area contributed by atoms with Crippen molar-refractivity contribution in [3.05, 3.63) is 33.8 Å². The number of nitrogens with one attached hydrogen (secondary N) is 1. The molecule has 0 saturated carbocycles. The van der Waals surface area contributed by atoms with Crippen molar-refractivity contribution in [3.8, 4) is 0 Å². The largest absolute Gasteiger partial charge is 0.396 e. The molecule has 0 unspecified atom stereocenters. The highest BCUT2D eigenvalue weighted by Crippen LogP contribution is 2.22. The molecule has 0 bridgehead atoms. The van der Waals surface area contributed by atoms with Gasteiger partial charge in [0.2, 0.25) is 0 Å². The van der Waals surface area contributed by atoms with Gasteiger partial charge >= 0.3 is 0 Å². The molecule has 94 valence electrons. The summed E-state index contributed by atoms with van der Waals surface area (Å²) >= 11 is 11.6. The molecule has 1 rings (SSSR count). The van der Waals surface area contributed by atoms with Crippen LogP contribution in [0.1, 0.15) is 24.2 Å². The average Bonchev–Trinajstić information content (AvgIpc) is 2.30. The zero-order valence-corrected chi connectivity index (χ0v) is 11.3. The number of hydrogen-bond acceptors (Lipinski definition) is 2. The lowest BCUT2D eigenvalue weighted by Gasteiger charge is -2.21. The van der Waals surface area contributed by atoms with Gasteiger partial charge in [-0.2, -0.15) is 0 Å². The van der Waals surface area contributed by atoms with E-state index in [1.807, 2.05) is 13.8 Å². The molecule has 1 amide bonds. The van der Waals surface area contributed by atoms with E-state index in [9.17, 15) is 4.79 Å². The van der Waals surface area contributed by atoms with Crippen molar-refractivity contribution >= 4 is 29.1 Å². The van der Waals surface area contributed by atoms with Crippen molar-refractivity contribution in [2.24, 2.45) is 5.41 Å². The highest BCUT2D eigenvalue weighted by Gasteiger charge is 2.18. The number of carbonyl (C=O) groups is 1. The van der Waals surface area contributed by atoms with Crippen LogP contribution >= 0.6 is 23.2 Å². The van der Waals surface area contributed by atoms with Gasteiger partial charge in [0.1, 0.15) is 0 Å². The lowest BCUT2D eigenvalue weighted by atomic mass is 9.95. The number of rotatable bonds is 4. The zero-order chi connectivity index (χ0) is 13.1. The van der Waals surface area contributed by atoms with Crippen LogP contribution in [0.5, 0.6) is 0 Å². The third-order valence-corrected chi connectivity index (χ3v) is 3.08. The number of aliphatic hydroxyl groups is 1. The molecule has 0 aromatic heterocycles. The first-order valence-corrected chi connectivity index (χ1v) is 5.95. The molecule has 2 N–H and O–H groups in total. The first-order chi connectivity index (χ1) is 7.85. The number of carbonyl (C=O) groups excluding carboxylic acids is 1. The second kappa shape index (κ2) is 5.71. The maximum atomic E-state index is 11.8. The van der Waals surface area contributed by atoms with Crippen LogP contribution in [0.15, 0.2) is 18.2 Å². The fraction of sp³-hybridized carbons (Fsp3) is 0.417. The molecule has 0 spiro atoms. The highest BCUT2D eigenvalue weighted by atomic mass is 35.5. The Hall–Kier alpha value is -0.770. The van der Waals surface area contributed by atoms with Crippen LogP contribution in [0.3, 0.4) is 0 Å². The molecule has 0 radical (unpaired) electrons. The first-order valence-electron chi connectivity index (χ1n) is 5.20. The minimum absolute atomic E-state index is 0.00859. The van der Waals surface area contributed by atoms with E-state index in [2.05, 4.69) is 5.32 Å². The molecular formula is C12H15Cl2NO2. The van der Waals surface area contributed by atoms with Gasteiger partial charge in [0.25, 0.3) is 5.91 Å². The summed E-state index contributed by atoms with van der Waals surface area (Å²) in [6.45, 7) is 4.13. The summed E-state index contributed by atoms with van der Waals surface area (Å²) in [5, 5.41) is 12.6. The second-order valence-corrected chi connectivity index (χ2v) is 5.45. The normalized spacial score (nSPS) is 11.4. The van der Waals surface area contributed by atoms with Crippen molar-refractivity contribution in [1.82, 2.24) is 5.32 Å². The molecular weight excluding hydrogens is 261 g/mol. The van der Waals surface area contributed by atoms with Crippen molar-refractivity contribution in [1.29, 1.82) is 0 Å². The molecule has 0 aliphatic rings. The van der Waals surface area contributed by atoms with Gasteiger partial charge in [0.15, 0.2) is 0 Å². The molecule has 0 aliphatic heterocycles. The monoisotopic (exact) mass is 275 g/mol. The highest BCUT2D eigenvalue weighted by molar-refractivity contribution is 6.42. The molecule has 0 heterocycles. The molecule has 17 heavy (non-hydrogen) atoms. The Morgan fingerprint density at radius 1 is 1.35 bits per heavy atom. The smallest absolute Gasteiger partial charge is 0.251 e. The van der Waals surface area contributed by atoms with Gasteiger partial charge in [0.05, 0.1) is 10.0 Å². The van der Waals surface area contributed by atoms with Crippen LogP contribution in [-0.2, 0) is 0 Å². The Balaban J connectivity index is 2.68. The minimum Gasteiger partial charge on any atom is -0.396 e. The van der Waals surface area contributed by atoms with Crippen LogP contribution in [-0.4, -0.2) is 24.2 Å². The topological polar surface area (TPSA) is 49.3 Å². The Morgan fingerprint density at radius 3 is 2.53 bits per heavy atom. The van der Waals surface area contributed by atoms with Gasteiger partial charge in [-0.25, -0.2) is 0 Å². The van der Waals surface area contributed by atoms with Gasteiger partial charge in [0, 0.05) is 24.1 Å². The predicted molar refractivity (Wildman–Crippen MR) is 69.7 cm³/mol. The van der Waals surface area contributed by atoms with E-state index >= 15 is 0 Å². The maximum Gasteiger partial charge on any atom is 0.251 e. The van der Waals surface area contributed by atoms with E-state index in [0.717, 1.165) is 0 Å². The first kappa shape index (κ1) is 14.3. The van der Waals surface area contributed by atoms with E-state index in [-0.39, 0.29) is 17.9 Å². The number of amides is 1. The summed E-state index contributed by atoms with van der Waals surface area (Å²) in [6.07, 6.45) is 0. The van der Waals surface area contributed by atoms with Crippen molar-refractivity contribution in [2.75, 3.05) is 13.2 Å². The van der Waals surface area contributed by atoms with Crippen molar-refractivity contribution in [2.45, 2.75) is 13.8 Å². The Kier molecular flexibility index (Phi) is 4.80. The van der Waals surface area contributed by atoms with Gasteiger partial charge in [-0.05, 0) is 18.2 Å². The van der Waals surface area contributed by atoms with Crippen LogP contribution < -0.4 is 5.32 Å². The maximum absolute atomic E-state index is 11.8. The van der Waals surface area contributed by atoms with Gasteiger partial charge in [-0.15, -0.1) is 0 Å². The number of aliphatic hydroxyl groups excluding tert-OH is 1. The van der Waals surface area contributed by atoms with E-state index < -0.39 is 0 Å². The minimum atomic E-state index is -0.341. The molecule has 0 aliphatic carbocycles. The van der Waals surface area contributed by atoms with Crippen LogP contribution in [0.2, 0.25) is 10.0 Å². The Morgan fingerprint density at radius 2 is 2.00 bits per heavy atom. The summed E-state index contributed by atoms with van der Waals surface area (Å²) in [4.78, 5) is 11.8. The number of hydrogen-bond donors (Lipinski definition) is 2. The molecule has 0 fully saturated rings. The fourth-order valence-electron chi connectivity index (χ4n) is 1.11. The quantitative estimate of drug-likeness (QED) is 0.888. The third kappa shape index (κ3) is 4.19. The summed E-state index contributed by atoms with van der Waals surface area (Å²) in [6, 6.07) is 4.71. The third-order valence-electron chi connectivity index (χ3n) is 2.34. The fourth-order valence-corrected chi connectivity index (χ4v) is 1.41. The van der Waals surface area contributed by atoms with Crippen LogP contribution in [0, 0.1) is 5.41 Å². The summed E-state index contributed by atoms with van der Waals surface area (Å²) in [7, 11) is 0. The SMILES string of the molecule is CC(C)(CO)CNC(=O)c1ccc(Cl)c(Cl)c1. The summed E-state index contributed by atoms with van der Waals surface area (Å²) in [5.41, 5.74) is 0.111. The van der Waals surface area contributed by atoms with Crippen molar-refractivity contribution < 1.29 is 9.90 Å². The number of halogens is 2. The standard InChI is InChI=1S/C12H15Cl2NO2/c1-12(2,7-16)6-15-11(17)8-3-4-9(13)10(14)5-8/h3-5,16H,6-7H2,1-2H3,(H,15,17). The van der Waals surface area contributed by atoms with E-state index in [1.165, 1.54) is 6.07 Å². The zero-order valence-electron chi connectivity index (χ0n) is 9.76. The van der Waals surface area contributed by atoms with Gasteiger partial charge in [-0.3, -0.25) is 4.79 Å². The molecule has 1 aromatic rings. The van der Waals surface area contributed by atoms with Crippen molar-refractivity contribution in [3.63, 3.8) is 0 Å². The Bertz CT molecular complexity index is 419. The van der Waals surface area contributed by atoms with Gasteiger partial charge < -0.3 is 10.4 Å². The summed E-state index contributed by atoms with van der Waals surface area (Å²) in [5.74, 6) is -0.231. The summed E-state index contributed by atoms with van der Waals surface area (Å²) < 4.78 is 0. The predicted octanol–water partition coefficient (Wildman–Crippen LogP) is 2.74. The Labute approximate surface area is 111 Å². The lowest BCUT2D eigenvalue weighted by Crippen LogP contribution is -2.36. The molecule has 3 nitrogen and oxygen atoms in total. The number of benzene rings is 1. The average molecular weight is 276 g/mol. The lowest BCUT2D eigenvalue weighted by molar-refractivity contribution is 0.0911. The van der Waals surface area contributed by atoms with Crippen LogP contribution in [0.4, 0.5) is 0 Å².